The smallest absolute Gasteiger partial charge is 0.167 e. The molecule has 0 saturated heterocycles. The number of H-pyrrole nitrogens is 1. The van der Waals surface area contributed by atoms with Crippen molar-refractivity contribution in [3.63, 3.8) is 0 Å². The first-order valence-electron chi connectivity index (χ1n) is 7.58. The Labute approximate surface area is 141 Å². The second-order valence-electron chi connectivity index (χ2n) is 5.58. The minimum absolute atomic E-state index is 0.173. The molecule has 8 heteroatoms. The number of nitrogens with zero attached hydrogens (tertiary/aromatic N) is 4. The Morgan fingerprint density at radius 3 is 3.00 bits per heavy atom. The Morgan fingerprint density at radius 2 is 2.20 bits per heavy atom. The first kappa shape index (κ1) is 15.1. The van der Waals surface area contributed by atoms with E-state index in [0.29, 0.717) is 33.8 Å². The maximum atomic E-state index is 14.1. The van der Waals surface area contributed by atoms with Gasteiger partial charge in [-0.25, -0.2) is 19.0 Å². The number of fused-ring (bicyclic) bond motifs is 2. The SMILES string of the molecule is C=CCOc1cc2cc(-c3nn(C)c4ncnc(N)c34)[nH]c2cc1F. The van der Waals surface area contributed by atoms with E-state index in [1.165, 1.54) is 12.4 Å². The number of anilines is 1. The van der Waals surface area contributed by atoms with Gasteiger partial charge in [0.1, 0.15) is 24.4 Å². The fourth-order valence-corrected chi connectivity index (χ4v) is 2.82. The number of aryl methyl sites for hydroxylation is 1. The van der Waals surface area contributed by atoms with Gasteiger partial charge in [0.25, 0.3) is 0 Å². The second-order valence-corrected chi connectivity index (χ2v) is 5.58. The number of rotatable bonds is 4. The van der Waals surface area contributed by atoms with Crippen LogP contribution >= 0.6 is 0 Å². The summed E-state index contributed by atoms with van der Waals surface area (Å²) in [5.41, 5.74) is 8.57. The van der Waals surface area contributed by atoms with Crippen molar-refractivity contribution in [3.8, 4) is 17.1 Å². The molecule has 0 spiro atoms. The van der Waals surface area contributed by atoms with Crippen molar-refractivity contribution in [2.75, 3.05) is 12.3 Å². The fourth-order valence-electron chi connectivity index (χ4n) is 2.82. The molecule has 25 heavy (non-hydrogen) atoms. The summed E-state index contributed by atoms with van der Waals surface area (Å²) < 4.78 is 21.1. The van der Waals surface area contributed by atoms with E-state index in [4.69, 9.17) is 10.5 Å². The van der Waals surface area contributed by atoms with Gasteiger partial charge in [0, 0.05) is 24.0 Å². The predicted molar refractivity (Wildman–Crippen MR) is 93.7 cm³/mol. The highest BCUT2D eigenvalue weighted by Gasteiger charge is 2.18. The number of nitrogens with two attached hydrogens (primary N) is 1. The second kappa shape index (κ2) is 5.59. The molecule has 4 rings (SSSR count). The molecule has 0 radical (unpaired) electrons. The number of aromatic amines is 1. The number of nitrogen functional groups attached to an aromatic ring is 1. The summed E-state index contributed by atoms with van der Waals surface area (Å²) in [5.74, 6) is 0.0658. The van der Waals surface area contributed by atoms with E-state index in [-0.39, 0.29) is 12.4 Å². The van der Waals surface area contributed by atoms with E-state index in [1.807, 2.05) is 6.07 Å². The first-order valence-corrected chi connectivity index (χ1v) is 7.58. The number of benzene rings is 1. The van der Waals surface area contributed by atoms with Gasteiger partial charge >= 0.3 is 0 Å². The van der Waals surface area contributed by atoms with Crippen LogP contribution in [-0.4, -0.2) is 31.3 Å². The Morgan fingerprint density at radius 1 is 1.36 bits per heavy atom. The van der Waals surface area contributed by atoms with Crippen LogP contribution in [0.2, 0.25) is 0 Å². The standard InChI is InChI=1S/C17H15FN6O/c1-3-4-25-13-6-9-5-12(22-11(9)7-10(13)18)15-14-16(19)20-8-21-17(14)24(2)23-15/h3,5-8,22H,1,4H2,2H3,(H2,19,20,21). The van der Waals surface area contributed by atoms with Crippen LogP contribution in [0.5, 0.6) is 5.75 Å². The van der Waals surface area contributed by atoms with Crippen LogP contribution < -0.4 is 10.5 Å². The van der Waals surface area contributed by atoms with Gasteiger partial charge in [-0.15, -0.1) is 0 Å². The van der Waals surface area contributed by atoms with Gasteiger partial charge in [-0.2, -0.15) is 5.10 Å². The number of nitrogens with one attached hydrogen (secondary N) is 1. The summed E-state index contributed by atoms with van der Waals surface area (Å²) in [6.07, 6.45) is 2.96. The number of ether oxygens (including phenoxy) is 1. The largest absolute Gasteiger partial charge is 0.486 e. The third-order valence-corrected chi connectivity index (χ3v) is 3.93. The molecule has 1 aromatic carbocycles. The van der Waals surface area contributed by atoms with E-state index in [0.717, 1.165) is 5.39 Å². The third kappa shape index (κ3) is 2.38. The van der Waals surface area contributed by atoms with Gasteiger partial charge in [0.05, 0.1) is 11.1 Å². The lowest BCUT2D eigenvalue weighted by molar-refractivity contribution is 0.342. The van der Waals surface area contributed by atoms with Crippen molar-refractivity contribution in [1.29, 1.82) is 0 Å². The maximum Gasteiger partial charge on any atom is 0.167 e. The minimum Gasteiger partial charge on any atom is -0.486 e. The summed E-state index contributed by atoms with van der Waals surface area (Å²) in [6, 6.07) is 4.89. The molecule has 0 aliphatic rings. The zero-order chi connectivity index (χ0) is 17.6. The van der Waals surface area contributed by atoms with E-state index < -0.39 is 5.82 Å². The molecule has 0 atom stereocenters. The predicted octanol–water partition coefficient (Wildman–Crippen LogP) is 2.80. The summed E-state index contributed by atoms with van der Waals surface area (Å²) in [5, 5.41) is 5.92. The Bertz CT molecular complexity index is 1110. The molecule has 0 aliphatic heterocycles. The van der Waals surface area contributed by atoms with Crippen molar-refractivity contribution in [3.05, 3.63) is 43.0 Å². The lowest BCUT2D eigenvalue weighted by atomic mass is 10.2. The van der Waals surface area contributed by atoms with Gasteiger partial charge in [-0.1, -0.05) is 12.7 Å². The molecule has 0 bridgehead atoms. The minimum atomic E-state index is -0.448. The summed E-state index contributed by atoms with van der Waals surface area (Å²) >= 11 is 0. The van der Waals surface area contributed by atoms with Crippen LogP contribution in [0.25, 0.3) is 33.3 Å². The zero-order valence-corrected chi connectivity index (χ0v) is 13.5. The van der Waals surface area contributed by atoms with Crippen molar-refractivity contribution < 1.29 is 9.13 Å². The van der Waals surface area contributed by atoms with E-state index >= 15 is 0 Å². The van der Waals surface area contributed by atoms with Crippen LogP contribution in [0.4, 0.5) is 10.2 Å². The van der Waals surface area contributed by atoms with Gasteiger partial charge in [-0.3, -0.25) is 0 Å². The van der Waals surface area contributed by atoms with Crippen LogP contribution in [0.1, 0.15) is 0 Å². The monoisotopic (exact) mass is 338 g/mol. The number of halogens is 1. The number of aromatic nitrogens is 5. The molecular weight excluding hydrogens is 323 g/mol. The molecule has 0 saturated carbocycles. The van der Waals surface area contributed by atoms with E-state index in [9.17, 15) is 4.39 Å². The Balaban J connectivity index is 1.89. The molecule has 0 unspecified atom stereocenters. The van der Waals surface area contributed by atoms with E-state index in [2.05, 4.69) is 26.6 Å². The van der Waals surface area contributed by atoms with Crippen LogP contribution in [-0.2, 0) is 7.05 Å². The average molecular weight is 338 g/mol. The zero-order valence-electron chi connectivity index (χ0n) is 13.5. The molecule has 0 aliphatic carbocycles. The summed E-state index contributed by atoms with van der Waals surface area (Å²) in [7, 11) is 1.78. The van der Waals surface area contributed by atoms with Crippen LogP contribution in [0, 0.1) is 5.82 Å². The molecule has 4 aromatic rings. The lowest BCUT2D eigenvalue weighted by Gasteiger charge is -2.04. The summed E-state index contributed by atoms with van der Waals surface area (Å²) in [6.45, 7) is 3.80. The molecule has 7 nitrogen and oxygen atoms in total. The summed E-state index contributed by atoms with van der Waals surface area (Å²) in [4.78, 5) is 11.4. The molecule has 0 fully saturated rings. The van der Waals surface area contributed by atoms with Gasteiger partial charge in [-0.05, 0) is 12.1 Å². The molecule has 3 aromatic heterocycles. The number of hydrogen-bond acceptors (Lipinski definition) is 5. The van der Waals surface area contributed by atoms with Gasteiger partial charge < -0.3 is 15.5 Å². The molecule has 3 N–H and O–H groups in total. The highest BCUT2D eigenvalue weighted by atomic mass is 19.1. The van der Waals surface area contributed by atoms with Crippen molar-refractivity contribution in [2.45, 2.75) is 0 Å². The van der Waals surface area contributed by atoms with Crippen molar-refractivity contribution in [1.82, 2.24) is 24.7 Å². The van der Waals surface area contributed by atoms with Gasteiger partial charge in [0.2, 0.25) is 0 Å². The van der Waals surface area contributed by atoms with Crippen LogP contribution in [0.15, 0.2) is 37.2 Å². The van der Waals surface area contributed by atoms with Gasteiger partial charge in [0.15, 0.2) is 17.2 Å². The highest BCUT2D eigenvalue weighted by molar-refractivity contribution is 5.99. The fraction of sp³-hybridized carbons (Fsp3) is 0.118. The van der Waals surface area contributed by atoms with E-state index in [1.54, 1.807) is 23.9 Å². The normalized spacial score (nSPS) is 11.3. The Hall–Kier alpha value is -3.42. The lowest BCUT2D eigenvalue weighted by Crippen LogP contribution is -1.95. The number of hydrogen-bond donors (Lipinski definition) is 2. The quantitative estimate of drug-likeness (QED) is 0.558. The molecule has 3 heterocycles. The first-order chi connectivity index (χ1) is 12.1. The Kier molecular flexibility index (Phi) is 3.38. The molecule has 0 amide bonds. The van der Waals surface area contributed by atoms with Crippen molar-refractivity contribution >= 4 is 27.8 Å². The van der Waals surface area contributed by atoms with Crippen molar-refractivity contribution in [2.24, 2.45) is 7.05 Å². The maximum absolute atomic E-state index is 14.1. The highest BCUT2D eigenvalue weighted by Crippen LogP contribution is 2.33. The molecular formula is C17H15FN6O. The topological polar surface area (TPSA) is 94.6 Å². The third-order valence-electron chi connectivity index (χ3n) is 3.93. The molecule has 126 valence electrons. The average Bonchev–Trinajstić information content (AvgIpc) is 3.14. The van der Waals surface area contributed by atoms with Crippen LogP contribution in [0.3, 0.4) is 0 Å².